The van der Waals surface area contributed by atoms with Gasteiger partial charge in [-0.25, -0.2) is 13.6 Å². The number of hydrogen-bond donors (Lipinski definition) is 1. The van der Waals surface area contributed by atoms with Crippen molar-refractivity contribution >= 4 is 49.9 Å². The van der Waals surface area contributed by atoms with Gasteiger partial charge in [0.2, 0.25) is 0 Å². The largest absolute Gasteiger partial charge is 0.497 e. The second kappa shape index (κ2) is 28.4. The Hall–Kier alpha value is -5.66. The van der Waals surface area contributed by atoms with Gasteiger partial charge in [-0.15, -0.1) is 0 Å². The summed E-state index contributed by atoms with van der Waals surface area (Å²) >= 11 is 6.71. The molecule has 348 valence electrons. The minimum absolute atomic E-state index is 0.0486. The molecule has 6 aromatic rings. The first-order chi connectivity index (χ1) is 31.8. The van der Waals surface area contributed by atoms with Crippen LogP contribution in [0.3, 0.4) is 0 Å². The van der Waals surface area contributed by atoms with Gasteiger partial charge in [0.1, 0.15) is 23.1 Å². The monoisotopic (exact) mass is 1030 g/mol. The zero-order chi connectivity index (χ0) is 47.8. The maximum Gasteiger partial charge on any atom is 0.330 e. The van der Waals surface area contributed by atoms with Crippen LogP contribution in [-0.4, -0.2) is 44.3 Å². The molecular formula is C54H58Br2F2N2O6. The molecule has 0 aromatic heterocycles. The lowest BCUT2D eigenvalue weighted by molar-refractivity contribution is -0.145. The van der Waals surface area contributed by atoms with Crippen LogP contribution in [0.15, 0.2) is 161 Å². The molecule has 0 bridgehead atoms. The van der Waals surface area contributed by atoms with Crippen molar-refractivity contribution in [1.82, 2.24) is 10.2 Å². The third-order valence-electron chi connectivity index (χ3n) is 10.4. The summed E-state index contributed by atoms with van der Waals surface area (Å²) in [7, 11) is 3.33. The van der Waals surface area contributed by atoms with Crippen molar-refractivity contribution in [2.24, 2.45) is 0 Å². The van der Waals surface area contributed by atoms with Crippen LogP contribution in [0.1, 0.15) is 85.6 Å². The first-order valence-electron chi connectivity index (χ1n) is 21.6. The summed E-state index contributed by atoms with van der Waals surface area (Å²) in [6.07, 6.45) is 3.02. The van der Waals surface area contributed by atoms with Crippen LogP contribution in [0.5, 0.6) is 11.5 Å². The van der Waals surface area contributed by atoms with Crippen molar-refractivity contribution in [3.8, 4) is 11.5 Å². The molecule has 0 heterocycles. The van der Waals surface area contributed by atoms with Gasteiger partial charge in [-0.05, 0) is 116 Å². The molecule has 0 aliphatic heterocycles. The molecule has 0 saturated carbocycles. The standard InChI is InChI=1S/C27H29BrFNO3.C16H19NO.C11H10BrFO2/c1-4-33-27(31)17-26(24-15-12-22(29)16-25(24)28)30(18-20-8-6-5-7-9-20)19(2)21-10-13-23(32-3)14-11-21;1-13(15-8-10-16(18-2)11-9-15)17-12-14-6-4-3-5-7-14;1-2-15-11(14)6-4-8-3-5-9(13)7-10(8)12/h5-16,19,26H,4,17-18H2,1-3H3;3-11,13,17H,12H2,1-2H3;3-7H,2H2,1H3/b;;6-4+/t19-,26+;13-;/m00./s1. The van der Waals surface area contributed by atoms with Crippen LogP contribution in [0, 0.1) is 11.6 Å². The van der Waals surface area contributed by atoms with Crippen LogP contribution in [0.4, 0.5) is 8.78 Å². The number of rotatable bonds is 18. The molecule has 1 N–H and O–H groups in total. The Morgan fingerprint density at radius 3 is 1.73 bits per heavy atom. The summed E-state index contributed by atoms with van der Waals surface area (Å²) in [5, 5.41) is 3.51. The van der Waals surface area contributed by atoms with E-state index in [1.54, 1.807) is 46.3 Å². The average Bonchev–Trinajstić information content (AvgIpc) is 3.33. The van der Waals surface area contributed by atoms with Crippen LogP contribution in [0.2, 0.25) is 0 Å². The van der Waals surface area contributed by atoms with Gasteiger partial charge in [-0.2, -0.15) is 0 Å². The molecule has 3 atom stereocenters. The van der Waals surface area contributed by atoms with Gasteiger partial charge < -0.3 is 24.3 Å². The van der Waals surface area contributed by atoms with Crippen molar-refractivity contribution in [2.75, 3.05) is 27.4 Å². The van der Waals surface area contributed by atoms with Crippen LogP contribution < -0.4 is 14.8 Å². The molecule has 12 heteroatoms. The molecule has 0 amide bonds. The quantitative estimate of drug-likeness (QED) is 0.0673. The number of carbonyl (C=O) groups is 2. The van der Waals surface area contributed by atoms with E-state index >= 15 is 0 Å². The third kappa shape index (κ3) is 17.6. The van der Waals surface area contributed by atoms with Crippen LogP contribution >= 0.6 is 31.9 Å². The Morgan fingerprint density at radius 1 is 0.667 bits per heavy atom. The molecule has 0 radical (unpaired) electrons. The Bertz CT molecular complexity index is 2410. The van der Waals surface area contributed by atoms with Crippen molar-refractivity contribution in [3.63, 3.8) is 0 Å². The number of methoxy groups -OCH3 is 2. The van der Waals surface area contributed by atoms with Crippen LogP contribution in [-0.2, 0) is 32.2 Å². The number of nitrogens with one attached hydrogen (secondary N) is 1. The molecule has 0 spiro atoms. The summed E-state index contributed by atoms with van der Waals surface area (Å²) in [6, 6.07) is 45.4. The highest BCUT2D eigenvalue weighted by Crippen LogP contribution is 2.38. The van der Waals surface area contributed by atoms with Gasteiger partial charge in [0.15, 0.2) is 0 Å². The van der Waals surface area contributed by atoms with Crippen molar-refractivity contribution < 1.29 is 37.3 Å². The van der Waals surface area contributed by atoms with Gasteiger partial charge in [-0.1, -0.05) is 129 Å². The number of hydrogen-bond acceptors (Lipinski definition) is 8. The lowest BCUT2D eigenvalue weighted by atomic mass is 9.96. The fourth-order valence-corrected chi connectivity index (χ4v) is 7.90. The predicted octanol–water partition coefficient (Wildman–Crippen LogP) is 13.6. The SMILES string of the molecule is CCOC(=O)/C=C/c1ccc(F)cc1Br.CCOC(=O)C[C@H](c1ccc(F)cc1Br)N(Cc1ccccc1)[C@@H](C)c1ccc(OC)cc1.COc1ccc([C@H](C)NCc2ccccc2)cc1. The van der Waals surface area contributed by atoms with Gasteiger partial charge >= 0.3 is 11.9 Å². The van der Waals surface area contributed by atoms with Gasteiger partial charge in [-0.3, -0.25) is 9.69 Å². The van der Waals surface area contributed by atoms with E-state index in [0.29, 0.717) is 34.7 Å². The number of esters is 2. The predicted molar refractivity (Wildman–Crippen MR) is 266 cm³/mol. The molecule has 0 aliphatic carbocycles. The maximum atomic E-state index is 13.9. The smallest absolute Gasteiger partial charge is 0.330 e. The number of nitrogens with zero attached hydrogens (tertiary/aromatic N) is 1. The highest BCUT2D eigenvalue weighted by molar-refractivity contribution is 9.10. The summed E-state index contributed by atoms with van der Waals surface area (Å²) in [5.74, 6) is 0.319. The Kier molecular flexibility index (Phi) is 22.8. The van der Waals surface area contributed by atoms with Crippen LogP contribution in [0.25, 0.3) is 6.08 Å². The summed E-state index contributed by atoms with van der Waals surface area (Å²) < 4.78 is 48.3. The third-order valence-corrected chi connectivity index (χ3v) is 11.8. The lowest BCUT2D eigenvalue weighted by Gasteiger charge is -2.37. The first kappa shape index (κ1) is 53.0. The molecule has 66 heavy (non-hydrogen) atoms. The second-order valence-corrected chi connectivity index (χ2v) is 16.6. The van der Waals surface area contributed by atoms with E-state index in [9.17, 15) is 18.4 Å². The van der Waals surface area contributed by atoms with E-state index < -0.39 is 5.97 Å². The molecule has 0 saturated heterocycles. The minimum atomic E-state index is -0.409. The van der Waals surface area contributed by atoms with Gasteiger partial charge in [0, 0.05) is 46.2 Å². The van der Waals surface area contributed by atoms with E-state index in [4.69, 9.17) is 18.9 Å². The molecule has 8 nitrogen and oxygen atoms in total. The van der Waals surface area contributed by atoms with Crippen molar-refractivity contribution in [2.45, 2.75) is 65.3 Å². The summed E-state index contributed by atoms with van der Waals surface area (Å²) in [5.41, 5.74) is 6.33. The lowest BCUT2D eigenvalue weighted by Crippen LogP contribution is -2.33. The molecular weight excluding hydrogens is 970 g/mol. The van der Waals surface area contributed by atoms with Gasteiger partial charge in [0.25, 0.3) is 0 Å². The van der Waals surface area contributed by atoms with Crippen molar-refractivity contribution in [1.29, 1.82) is 0 Å². The fourth-order valence-electron chi connectivity index (χ4n) is 6.80. The summed E-state index contributed by atoms with van der Waals surface area (Å²) in [4.78, 5) is 25.9. The second-order valence-electron chi connectivity index (χ2n) is 14.9. The Labute approximate surface area is 405 Å². The normalized spacial score (nSPS) is 12.2. The Morgan fingerprint density at radius 2 is 1.20 bits per heavy atom. The van der Waals surface area contributed by atoms with E-state index in [1.165, 1.54) is 41.5 Å². The van der Waals surface area contributed by atoms with E-state index in [1.807, 2.05) is 60.7 Å². The number of halogens is 4. The van der Waals surface area contributed by atoms with E-state index in [-0.39, 0.29) is 36.1 Å². The maximum absolute atomic E-state index is 13.9. The fraction of sp³-hybridized carbons (Fsp3) is 0.259. The molecule has 0 aliphatic rings. The molecule has 0 unspecified atom stereocenters. The minimum Gasteiger partial charge on any atom is -0.497 e. The summed E-state index contributed by atoms with van der Waals surface area (Å²) in [6.45, 7) is 9.94. The average molecular weight is 1030 g/mol. The number of benzene rings is 6. The zero-order valence-electron chi connectivity index (χ0n) is 38.2. The Balaban J connectivity index is 0.000000242. The van der Waals surface area contributed by atoms with Gasteiger partial charge in [0.05, 0.1) is 33.9 Å². The molecule has 6 aromatic carbocycles. The van der Waals surface area contributed by atoms with E-state index in [2.05, 4.69) is 104 Å². The molecule has 0 fully saturated rings. The van der Waals surface area contributed by atoms with Crippen molar-refractivity contribution in [3.05, 3.63) is 206 Å². The first-order valence-corrected chi connectivity index (χ1v) is 23.2. The topological polar surface area (TPSA) is 86.3 Å². The number of ether oxygens (including phenoxy) is 4. The van der Waals surface area contributed by atoms with E-state index in [0.717, 1.165) is 40.3 Å². The number of carbonyl (C=O) groups excluding carboxylic acids is 2. The highest BCUT2D eigenvalue weighted by Gasteiger charge is 2.30. The zero-order valence-corrected chi connectivity index (χ0v) is 41.4. The highest BCUT2D eigenvalue weighted by atomic mass is 79.9. The molecule has 6 rings (SSSR count).